The molecular formula is C27H18ClFN2O2. The van der Waals surface area contributed by atoms with Crippen molar-refractivity contribution in [3.05, 3.63) is 130 Å². The molecule has 1 heterocycles. The second-order valence-corrected chi connectivity index (χ2v) is 8.10. The molecule has 6 heteroatoms. The highest BCUT2D eigenvalue weighted by molar-refractivity contribution is 6.31. The Bertz CT molecular complexity index is 1360. The summed E-state index contributed by atoms with van der Waals surface area (Å²) < 4.78 is 15.5. The molecule has 1 unspecified atom stereocenters. The Morgan fingerprint density at radius 1 is 0.697 bits per heavy atom. The molecule has 4 aromatic rings. The summed E-state index contributed by atoms with van der Waals surface area (Å²) in [5.74, 6) is -0.320. The number of azo groups is 1. The van der Waals surface area contributed by atoms with Gasteiger partial charge in [0, 0.05) is 21.7 Å². The largest absolute Gasteiger partial charge is 0.508 e. The maximum absolute atomic E-state index is 15.5. The van der Waals surface area contributed by atoms with Crippen molar-refractivity contribution in [2.75, 3.05) is 0 Å². The summed E-state index contributed by atoms with van der Waals surface area (Å²) in [4.78, 5) is 0. The SMILES string of the molecule is Oc1ccc(C2=C(c3ccccc3)C(c3ccc(O)cc3)(c3c(F)cccc3Cl)N=N2)cc1. The van der Waals surface area contributed by atoms with Crippen LogP contribution < -0.4 is 0 Å². The normalized spacial score (nSPS) is 17.5. The zero-order valence-electron chi connectivity index (χ0n) is 17.3. The number of phenolic OH excluding ortho intramolecular Hbond substituents is 2. The van der Waals surface area contributed by atoms with E-state index in [1.807, 2.05) is 30.3 Å². The molecule has 0 aliphatic carbocycles. The van der Waals surface area contributed by atoms with Gasteiger partial charge in [-0.05, 0) is 59.7 Å². The molecule has 1 aliphatic heterocycles. The van der Waals surface area contributed by atoms with E-state index >= 15 is 4.39 Å². The molecule has 162 valence electrons. The fourth-order valence-electron chi connectivity index (χ4n) is 4.24. The van der Waals surface area contributed by atoms with Crippen LogP contribution >= 0.6 is 11.6 Å². The van der Waals surface area contributed by atoms with Crippen LogP contribution in [-0.2, 0) is 5.54 Å². The molecule has 4 nitrogen and oxygen atoms in total. The maximum atomic E-state index is 15.5. The molecule has 0 saturated carbocycles. The van der Waals surface area contributed by atoms with Gasteiger partial charge in [-0.2, -0.15) is 10.2 Å². The first kappa shape index (κ1) is 20.9. The van der Waals surface area contributed by atoms with E-state index in [2.05, 4.69) is 10.2 Å². The highest BCUT2D eigenvalue weighted by Crippen LogP contribution is 2.55. The van der Waals surface area contributed by atoms with Crippen LogP contribution in [0.2, 0.25) is 5.02 Å². The zero-order valence-corrected chi connectivity index (χ0v) is 18.0. The predicted molar refractivity (Wildman–Crippen MR) is 127 cm³/mol. The average molecular weight is 457 g/mol. The van der Waals surface area contributed by atoms with E-state index < -0.39 is 11.4 Å². The number of hydrogen-bond acceptors (Lipinski definition) is 4. The van der Waals surface area contributed by atoms with Gasteiger partial charge in [0.1, 0.15) is 17.3 Å². The van der Waals surface area contributed by atoms with Crippen LogP contribution in [-0.4, -0.2) is 10.2 Å². The summed E-state index contributed by atoms with van der Waals surface area (Å²) >= 11 is 6.60. The van der Waals surface area contributed by atoms with Gasteiger partial charge in [-0.3, -0.25) is 0 Å². The van der Waals surface area contributed by atoms with Gasteiger partial charge < -0.3 is 10.2 Å². The van der Waals surface area contributed by atoms with E-state index in [0.717, 1.165) is 5.56 Å². The summed E-state index contributed by atoms with van der Waals surface area (Å²) in [6.45, 7) is 0. The highest BCUT2D eigenvalue weighted by Gasteiger charge is 2.48. The fraction of sp³-hybridized carbons (Fsp3) is 0.0370. The van der Waals surface area contributed by atoms with Gasteiger partial charge in [-0.15, -0.1) is 0 Å². The lowest BCUT2D eigenvalue weighted by atomic mass is 9.73. The van der Waals surface area contributed by atoms with Crippen LogP contribution in [0.15, 0.2) is 107 Å². The molecule has 1 atom stereocenters. The Kier molecular flexibility index (Phi) is 5.19. The molecule has 0 fully saturated rings. The van der Waals surface area contributed by atoms with E-state index in [1.165, 1.54) is 18.2 Å². The van der Waals surface area contributed by atoms with Gasteiger partial charge in [0.2, 0.25) is 0 Å². The smallest absolute Gasteiger partial charge is 0.164 e. The van der Waals surface area contributed by atoms with Crippen molar-refractivity contribution in [2.24, 2.45) is 10.2 Å². The Hall–Kier alpha value is -3.96. The summed E-state index contributed by atoms with van der Waals surface area (Å²) in [5.41, 5.74) is 2.06. The maximum Gasteiger partial charge on any atom is 0.164 e. The molecule has 4 aromatic carbocycles. The number of rotatable bonds is 4. The monoisotopic (exact) mass is 456 g/mol. The summed E-state index contributed by atoms with van der Waals surface area (Å²) in [6.07, 6.45) is 0. The molecular weight excluding hydrogens is 439 g/mol. The lowest BCUT2D eigenvalue weighted by molar-refractivity contribution is 0.474. The van der Waals surface area contributed by atoms with Gasteiger partial charge in [0.05, 0.1) is 5.70 Å². The van der Waals surface area contributed by atoms with E-state index in [4.69, 9.17) is 11.6 Å². The molecule has 0 amide bonds. The third kappa shape index (κ3) is 3.47. The number of halogens is 2. The Morgan fingerprint density at radius 2 is 1.33 bits per heavy atom. The molecule has 0 spiro atoms. The third-order valence-corrected chi connectivity index (χ3v) is 6.03. The van der Waals surface area contributed by atoms with Gasteiger partial charge >= 0.3 is 0 Å². The minimum Gasteiger partial charge on any atom is -0.508 e. The van der Waals surface area contributed by atoms with Gasteiger partial charge in [-0.25, -0.2) is 4.39 Å². The Labute approximate surface area is 195 Å². The van der Waals surface area contributed by atoms with E-state index in [0.29, 0.717) is 22.4 Å². The minimum absolute atomic E-state index is 0.0764. The standard InChI is InChI=1S/C27H18ClFN2O2/c28-22-7-4-8-23(29)25(22)27(19-11-15-21(33)16-12-19)24(17-5-2-1-3-6-17)26(30-31-27)18-9-13-20(32)14-10-18/h1-16,32-33H. The number of phenols is 2. The van der Waals surface area contributed by atoms with Crippen LogP contribution in [0, 0.1) is 5.82 Å². The van der Waals surface area contributed by atoms with Crippen LogP contribution in [0.25, 0.3) is 11.3 Å². The van der Waals surface area contributed by atoms with Gasteiger partial charge in [0.15, 0.2) is 5.54 Å². The topological polar surface area (TPSA) is 65.2 Å². The Balaban J connectivity index is 1.91. The predicted octanol–water partition coefficient (Wildman–Crippen LogP) is 7.17. The molecule has 5 rings (SSSR count). The molecule has 0 bridgehead atoms. The minimum atomic E-state index is -1.40. The molecule has 1 aliphatic rings. The van der Waals surface area contributed by atoms with Crippen molar-refractivity contribution in [2.45, 2.75) is 5.54 Å². The van der Waals surface area contributed by atoms with Crippen molar-refractivity contribution in [3.8, 4) is 11.5 Å². The molecule has 0 saturated heterocycles. The molecule has 0 radical (unpaired) electrons. The van der Waals surface area contributed by atoms with E-state index in [1.54, 1.807) is 48.5 Å². The molecule has 2 N–H and O–H groups in total. The number of hydrogen-bond donors (Lipinski definition) is 2. The Morgan fingerprint density at radius 3 is 1.97 bits per heavy atom. The zero-order chi connectivity index (χ0) is 23.0. The first-order valence-electron chi connectivity index (χ1n) is 10.3. The molecule has 0 aromatic heterocycles. The number of nitrogens with zero attached hydrogens (tertiary/aromatic N) is 2. The van der Waals surface area contributed by atoms with Crippen LogP contribution in [0.1, 0.15) is 22.3 Å². The first-order valence-corrected chi connectivity index (χ1v) is 10.6. The molecule has 33 heavy (non-hydrogen) atoms. The first-order chi connectivity index (χ1) is 16.0. The van der Waals surface area contributed by atoms with E-state index in [9.17, 15) is 10.2 Å². The third-order valence-electron chi connectivity index (χ3n) is 5.71. The lowest BCUT2D eigenvalue weighted by Gasteiger charge is -2.31. The van der Waals surface area contributed by atoms with Crippen LogP contribution in [0.3, 0.4) is 0 Å². The van der Waals surface area contributed by atoms with E-state index in [-0.39, 0.29) is 22.1 Å². The van der Waals surface area contributed by atoms with Crippen LogP contribution in [0.4, 0.5) is 4.39 Å². The van der Waals surface area contributed by atoms with Crippen molar-refractivity contribution >= 4 is 22.9 Å². The van der Waals surface area contributed by atoms with Crippen molar-refractivity contribution < 1.29 is 14.6 Å². The number of aromatic hydroxyl groups is 2. The van der Waals surface area contributed by atoms with Crippen molar-refractivity contribution in [1.29, 1.82) is 0 Å². The lowest BCUT2D eigenvalue weighted by Crippen LogP contribution is -2.27. The fourth-order valence-corrected chi connectivity index (χ4v) is 4.54. The van der Waals surface area contributed by atoms with Crippen molar-refractivity contribution in [3.63, 3.8) is 0 Å². The summed E-state index contributed by atoms with van der Waals surface area (Å²) in [6, 6.07) is 27.1. The second-order valence-electron chi connectivity index (χ2n) is 7.69. The van der Waals surface area contributed by atoms with Crippen LogP contribution in [0.5, 0.6) is 11.5 Å². The van der Waals surface area contributed by atoms with Crippen molar-refractivity contribution in [1.82, 2.24) is 0 Å². The second kappa shape index (κ2) is 8.19. The quantitative estimate of drug-likeness (QED) is 0.342. The van der Waals surface area contributed by atoms with Gasteiger partial charge in [0.25, 0.3) is 0 Å². The highest BCUT2D eigenvalue weighted by atomic mass is 35.5. The van der Waals surface area contributed by atoms with Gasteiger partial charge in [-0.1, -0.05) is 60.1 Å². The summed E-state index contributed by atoms with van der Waals surface area (Å²) in [7, 11) is 0. The number of benzene rings is 4. The summed E-state index contributed by atoms with van der Waals surface area (Å²) in [5, 5.41) is 29.1. The average Bonchev–Trinajstić information content (AvgIpc) is 3.21.